The number of rotatable bonds is 2. The highest BCUT2D eigenvalue weighted by Crippen LogP contribution is 2.37. The van der Waals surface area contributed by atoms with Gasteiger partial charge in [-0.25, -0.2) is 12.8 Å². The lowest BCUT2D eigenvalue weighted by Gasteiger charge is -2.36. The standard InChI is InChI=1S/C13H17BrClFN2O2S/c1-7-4-3-5-18(8(7)2)21(19,20)10-6-9(15)11(14)13(17)12(10)16/h6-8H,3-5,17H2,1-2H3. The number of piperidine rings is 1. The monoisotopic (exact) mass is 398 g/mol. The van der Waals surface area contributed by atoms with Crippen molar-refractivity contribution in [2.75, 3.05) is 12.3 Å². The Kier molecular flexibility index (Phi) is 4.87. The van der Waals surface area contributed by atoms with Crippen LogP contribution < -0.4 is 5.73 Å². The molecule has 0 bridgehead atoms. The fraction of sp³-hybridized carbons (Fsp3) is 0.538. The smallest absolute Gasteiger partial charge is 0.246 e. The molecule has 118 valence electrons. The lowest BCUT2D eigenvalue weighted by atomic mass is 9.94. The Balaban J connectivity index is 2.55. The first-order valence-electron chi connectivity index (χ1n) is 6.62. The van der Waals surface area contributed by atoms with Crippen LogP contribution in [-0.2, 0) is 10.0 Å². The van der Waals surface area contributed by atoms with Gasteiger partial charge in [-0.05, 0) is 47.7 Å². The molecule has 0 saturated carbocycles. The van der Waals surface area contributed by atoms with E-state index in [-0.39, 0.29) is 27.1 Å². The van der Waals surface area contributed by atoms with E-state index in [1.165, 1.54) is 4.31 Å². The summed E-state index contributed by atoms with van der Waals surface area (Å²) in [5, 5.41) is 0.0742. The van der Waals surface area contributed by atoms with E-state index in [4.69, 9.17) is 17.3 Å². The second kappa shape index (κ2) is 6.02. The number of anilines is 1. The van der Waals surface area contributed by atoms with Crippen molar-refractivity contribution in [2.45, 2.75) is 37.6 Å². The SMILES string of the molecule is CC1CCCN(S(=O)(=O)c2cc(Cl)c(Br)c(N)c2F)C1C. The van der Waals surface area contributed by atoms with Crippen molar-refractivity contribution >= 4 is 43.2 Å². The molecule has 1 aliphatic heterocycles. The third-order valence-electron chi connectivity index (χ3n) is 4.06. The van der Waals surface area contributed by atoms with Crippen molar-refractivity contribution in [3.05, 3.63) is 21.4 Å². The van der Waals surface area contributed by atoms with Crippen LogP contribution in [0.5, 0.6) is 0 Å². The van der Waals surface area contributed by atoms with Crippen molar-refractivity contribution in [1.29, 1.82) is 0 Å². The minimum atomic E-state index is -3.96. The highest BCUT2D eigenvalue weighted by atomic mass is 79.9. The van der Waals surface area contributed by atoms with E-state index in [0.29, 0.717) is 6.54 Å². The zero-order valence-corrected chi connectivity index (χ0v) is 14.9. The molecule has 0 amide bonds. The molecule has 1 aromatic rings. The topological polar surface area (TPSA) is 63.4 Å². The van der Waals surface area contributed by atoms with E-state index in [9.17, 15) is 12.8 Å². The molecule has 0 aliphatic carbocycles. The van der Waals surface area contributed by atoms with Gasteiger partial charge in [0.15, 0.2) is 5.82 Å². The van der Waals surface area contributed by atoms with Gasteiger partial charge in [-0.2, -0.15) is 4.31 Å². The molecule has 2 rings (SSSR count). The first-order valence-corrected chi connectivity index (χ1v) is 9.23. The molecule has 2 N–H and O–H groups in total. The quantitative estimate of drug-likeness (QED) is 0.610. The van der Waals surface area contributed by atoms with Crippen molar-refractivity contribution in [2.24, 2.45) is 5.92 Å². The number of benzene rings is 1. The van der Waals surface area contributed by atoms with Crippen LogP contribution in [0.3, 0.4) is 0 Å². The minimum absolute atomic E-state index is 0.0742. The third-order valence-corrected chi connectivity index (χ3v) is 7.43. The van der Waals surface area contributed by atoms with E-state index >= 15 is 0 Å². The van der Waals surface area contributed by atoms with Crippen molar-refractivity contribution in [1.82, 2.24) is 4.31 Å². The molecule has 21 heavy (non-hydrogen) atoms. The summed E-state index contributed by atoms with van der Waals surface area (Å²) in [4.78, 5) is -0.464. The predicted octanol–water partition coefficient (Wildman–Crippen LogP) is 3.63. The van der Waals surface area contributed by atoms with Gasteiger partial charge in [0.05, 0.1) is 15.2 Å². The summed E-state index contributed by atoms with van der Waals surface area (Å²) in [6, 6.07) is 0.922. The first-order chi connectivity index (χ1) is 9.67. The van der Waals surface area contributed by atoms with Gasteiger partial charge in [0.1, 0.15) is 4.90 Å². The molecule has 8 heteroatoms. The molecule has 4 nitrogen and oxygen atoms in total. The van der Waals surface area contributed by atoms with E-state index in [1.807, 2.05) is 13.8 Å². The molecule has 1 aliphatic rings. The molecule has 1 heterocycles. The van der Waals surface area contributed by atoms with Crippen LogP contribution >= 0.6 is 27.5 Å². The maximum atomic E-state index is 14.3. The second-order valence-electron chi connectivity index (χ2n) is 5.37. The Labute approximate surface area is 137 Å². The largest absolute Gasteiger partial charge is 0.395 e. The lowest BCUT2D eigenvalue weighted by molar-refractivity contribution is 0.202. The Morgan fingerprint density at radius 3 is 2.71 bits per heavy atom. The summed E-state index contributed by atoms with van der Waals surface area (Å²) >= 11 is 8.97. The molecule has 0 radical (unpaired) electrons. The zero-order chi connectivity index (χ0) is 15.9. The average molecular weight is 400 g/mol. The van der Waals surface area contributed by atoms with Crippen LogP contribution in [0.2, 0.25) is 5.02 Å². The fourth-order valence-corrected chi connectivity index (χ4v) is 4.99. The molecular formula is C13H17BrClFN2O2S. The lowest BCUT2D eigenvalue weighted by Crippen LogP contribution is -2.46. The number of halogens is 3. The molecule has 2 atom stereocenters. The first kappa shape index (κ1) is 17.0. The van der Waals surface area contributed by atoms with Gasteiger partial charge < -0.3 is 5.73 Å². The molecule has 1 aromatic carbocycles. The van der Waals surface area contributed by atoms with E-state index in [0.717, 1.165) is 18.9 Å². The van der Waals surface area contributed by atoms with Crippen LogP contribution in [0.1, 0.15) is 26.7 Å². The summed E-state index contributed by atoms with van der Waals surface area (Å²) < 4.78 is 41.3. The molecule has 0 aromatic heterocycles. The number of hydrogen-bond donors (Lipinski definition) is 1. The normalized spacial score (nSPS) is 24.2. The highest BCUT2D eigenvalue weighted by molar-refractivity contribution is 9.10. The van der Waals surface area contributed by atoms with Gasteiger partial charge in [0.25, 0.3) is 0 Å². The van der Waals surface area contributed by atoms with E-state index in [1.54, 1.807) is 0 Å². The Morgan fingerprint density at radius 1 is 1.48 bits per heavy atom. The molecule has 2 unspecified atom stereocenters. The van der Waals surface area contributed by atoms with Gasteiger partial charge in [-0.3, -0.25) is 0 Å². The Morgan fingerprint density at radius 2 is 2.10 bits per heavy atom. The average Bonchev–Trinajstić information content (AvgIpc) is 2.43. The van der Waals surface area contributed by atoms with Crippen LogP contribution in [0, 0.1) is 11.7 Å². The van der Waals surface area contributed by atoms with Crippen molar-refractivity contribution in [3.8, 4) is 0 Å². The summed E-state index contributed by atoms with van der Waals surface area (Å²) in [6.07, 6.45) is 1.71. The summed E-state index contributed by atoms with van der Waals surface area (Å²) in [7, 11) is -3.96. The van der Waals surface area contributed by atoms with Crippen molar-refractivity contribution < 1.29 is 12.8 Å². The number of hydrogen-bond acceptors (Lipinski definition) is 3. The maximum Gasteiger partial charge on any atom is 0.246 e. The van der Waals surface area contributed by atoms with Crippen LogP contribution in [0.25, 0.3) is 0 Å². The summed E-state index contributed by atoms with van der Waals surface area (Å²) in [5.41, 5.74) is 5.29. The van der Waals surface area contributed by atoms with Gasteiger partial charge in [0.2, 0.25) is 10.0 Å². The van der Waals surface area contributed by atoms with Crippen LogP contribution in [0.4, 0.5) is 10.1 Å². The highest BCUT2D eigenvalue weighted by Gasteiger charge is 2.37. The summed E-state index contributed by atoms with van der Waals surface area (Å²) in [5.74, 6) is -0.739. The Bertz CT molecular complexity index is 669. The molecule has 1 saturated heterocycles. The molecular weight excluding hydrogens is 383 g/mol. The number of sulfonamides is 1. The number of nitrogens with two attached hydrogens (primary N) is 1. The van der Waals surface area contributed by atoms with Gasteiger partial charge in [-0.1, -0.05) is 18.5 Å². The third kappa shape index (κ3) is 2.93. The van der Waals surface area contributed by atoms with E-state index in [2.05, 4.69) is 15.9 Å². The van der Waals surface area contributed by atoms with Gasteiger partial charge in [-0.15, -0.1) is 0 Å². The maximum absolute atomic E-state index is 14.3. The molecule has 0 spiro atoms. The predicted molar refractivity (Wildman–Crippen MR) is 85.3 cm³/mol. The van der Waals surface area contributed by atoms with Crippen LogP contribution in [-0.4, -0.2) is 25.3 Å². The fourth-order valence-electron chi connectivity index (χ4n) is 2.55. The van der Waals surface area contributed by atoms with Crippen LogP contribution in [0.15, 0.2) is 15.4 Å². The molecule has 1 fully saturated rings. The summed E-state index contributed by atoms with van der Waals surface area (Å²) in [6.45, 7) is 4.20. The minimum Gasteiger partial charge on any atom is -0.395 e. The van der Waals surface area contributed by atoms with Gasteiger partial charge >= 0.3 is 0 Å². The van der Waals surface area contributed by atoms with Gasteiger partial charge in [0, 0.05) is 12.6 Å². The number of nitrogens with zero attached hydrogens (tertiary/aromatic N) is 1. The number of nitrogen functional groups attached to an aromatic ring is 1. The van der Waals surface area contributed by atoms with E-state index < -0.39 is 20.7 Å². The van der Waals surface area contributed by atoms with Crippen molar-refractivity contribution in [3.63, 3.8) is 0 Å². The zero-order valence-electron chi connectivity index (χ0n) is 11.7. The second-order valence-corrected chi connectivity index (χ2v) is 8.43. The Hall–Kier alpha value is -0.370.